The van der Waals surface area contributed by atoms with Crippen molar-refractivity contribution in [3.63, 3.8) is 0 Å². The molecule has 0 N–H and O–H groups in total. The molecule has 0 bridgehead atoms. The number of non-ortho nitro benzene ring substituents is 1. The molecule has 1 atom stereocenters. The van der Waals surface area contributed by atoms with Crippen LogP contribution in [0.3, 0.4) is 0 Å². The summed E-state index contributed by atoms with van der Waals surface area (Å²) in [6, 6.07) is 8.79. The second kappa shape index (κ2) is 8.62. The number of benzene rings is 2. The highest BCUT2D eigenvalue weighted by atomic mass is 32.2. The van der Waals surface area contributed by atoms with Gasteiger partial charge in [0.15, 0.2) is 6.10 Å². The van der Waals surface area contributed by atoms with Gasteiger partial charge < -0.3 is 4.74 Å². The normalized spacial score (nSPS) is 13.0. The smallest absolute Gasteiger partial charge is 0.380 e. The molecule has 0 aromatic heterocycles. The Kier molecular flexibility index (Phi) is 6.65. The van der Waals surface area contributed by atoms with E-state index < -0.39 is 49.2 Å². The van der Waals surface area contributed by atoms with Crippen molar-refractivity contribution in [1.29, 1.82) is 0 Å². The van der Waals surface area contributed by atoms with Crippen LogP contribution in [0, 0.1) is 17.0 Å². The first-order valence-corrected chi connectivity index (χ1v) is 9.69. The number of nitro groups is 1. The lowest BCUT2D eigenvalue weighted by Gasteiger charge is -2.25. The fourth-order valence-electron chi connectivity index (χ4n) is 2.32. The molecule has 0 fully saturated rings. The fraction of sp³-hybridized carbons (Fsp3) is 0.278. The van der Waals surface area contributed by atoms with Gasteiger partial charge in [0.2, 0.25) is 0 Å². The van der Waals surface area contributed by atoms with Gasteiger partial charge in [0, 0.05) is 12.1 Å². The molecule has 29 heavy (non-hydrogen) atoms. The molecular weight excluding hydrogens is 412 g/mol. The molecule has 8 nitrogen and oxygen atoms in total. The van der Waals surface area contributed by atoms with Gasteiger partial charge in [-0.3, -0.25) is 14.3 Å². The molecule has 0 aliphatic carbocycles. The summed E-state index contributed by atoms with van der Waals surface area (Å²) < 4.78 is 63.5. The predicted octanol–water partition coefficient (Wildman–Crippen LogP) is 3.55. The van der Waals surface area contributed by atoms with E-state index in [1.54, 1.807) is 6.92 Å². The van der Waals surface area contributed by atoms with E-state index >= 15 is 0 Å². The first-order chi connectivity index (χ1) is 13.5. The van der Waals surface area contributed by atoms with Crippen LogP contribution in [0.1, 0.15) is 24.2 Å². The van der Waals surface area contributed by atoms with Crippen molar-refractivity contribution in [2.24, 2.45) is 0 Å². The molecule has 0 saturated carbocycles. The molecule has 11 heteroatoms. The van der Waals surface area contributed by atoms with Crippen molar-refractivity contribution in [2.45, 2.75) is 30.8 Å². The Hall–Kier alpha value is -2.92. The lowest BCUT2D eigenvalue weighted by atomic mass is 10.0. The number of nitrogens with zero attached hydrogens (tertiary/aromatic N) is 1. The van der Waals surface area contributed by atoms with Crippen LogP contribution >= 0.6 is 0 Å². The summed E-state index contributed by atoms with van der Waals surface area (Å²) in [5, 5.41) is 10.8. The Morgan fingerprint density at radius 1 is 1.14 bits per heavy atom. The number of alkyl halides is 2. The molecule has 0 aliphatic rings. The van der Waals surface area contributed by atoms with E-state index in [9.17, 15) is 32.1 Å². The summed E-state index contributed by atoms with van der Waals surface area (Å²) in [5.74, 6) is -6.37. The van der Waals surface area contributed by atoms with Crippen LogP contribution in [-0.4, -0.2) is 31.8 Å². The number of halogens is 2. The minimum Gasteiger partial charge on any atom is -0.461 e. The average Bonchev–Trinajstić information content (AvgIpc) is 2.66. The molecule has 0 heterocycles. The number of hydrogen-bond acceptors (Lipinski definition) is 7. The number of hydrogen-bond donors (Lipinski definition) is 0. The topological polar surface area (TPSA) is 113 Å². The Morgan fingerprint density at radius 3 is 2.17 bits per heavy atom. The highest BCUT2D eigenvalue weighted by Crippen LogP contribution is 2.38. The van der Waals surface area contributed by atoms with Crippen LogP contribution in [0.4, 0.5) is 14.5 Å². The van der Waals surface area contributed by atoms with E-state index in [0.717, 1.165) is 29.8 Å². The summed E-state index contributed by atoms with van der Waals surface area (Å²) >= 11 is 0. The molecule has 156 valence electrons. The van der Waals surface area contributed by atoms with Crippen LogP contribution in [0.5, 0.6) is 0 Å². The molecule has 2 aromatic rings. The highest BCUT2D eigenvalue weighted by molar-refractivity contribution is 7.86. The number of nitro benzene ring substituents is 1. The standard InChI is InChI=1S/C18H17F2NO7S/c1-3-27-17(22)18(19,20)16(13-6-8-14(9-7-13)21(23)24)28-29(25,26)15-10-4-12(2)5-11-15/h4-11,16H,3H2,1-2H3. The second-order valence-electron chi connectivity index (χ2n) is 5.94. The van der Waals surface area contributed by atoms with Gasteiger partial charge in [0.25, 0.3) is 15.8 Å². The molecule has 2 aromatic carbocycles. The average molecular weight is 429 g/mol. The molecule has 1 unspecified atom stereocenters. The number of carbonyl (C=O) groups excluding carboxylic acids is 1. The first kappa shape index (κ1) is 22.4. The van der Waals surface area contributed by atoms with Crippen molar-refractivity contribution < 1.29 is 35.8 Å². The number of carbonyl (C=O) groups is 1. The number of rotatable bonds is 8. The van der Waals surface area contributed by atoms with E-state index in [4.69, 9.17) is 4.18 Å². The molecule has 0 radical (unpaired) electrons. The first-order valence-electron chi connectivity index (χ1n) is 8.28. The van der Waals surface area contributed by atoms with E-state index in [1.807, 2.05) is 0 Å². The minimum atomic E-state index is -4.70. The highest BCUT2D eigenvalue weighted by Gasteiger charge is 2.53. The van der Waals surface area contributed by atoms with Crippen LogP contribution in [0.2, 0.25) is 0 Å². The molecule has 2 rings (SSSR count). The summed E-state index contributed by atoms with van der Waals surface area (Å²) in [7, 11) is -4.70. The maximum atomic E-state index is 14.7. The van der Waals surface area contributed by atoms with E-state index in [1.165, 1.54) is 31.2 Å². The maximum Gasteiger partial charge on any atom is 0.380 e. The summed E-state index contributed by atoms with van der Waals surface area (Å²) in [6.45, 7) is 2.64. The zero-order valence-electron chi connectivity index (χ0n) is 15.4. The van der Waals surface area contributed by atoms with Gasteiger partial charge in [0.05, 0.1) is 16.4 Å². The Bertz CT molecular complexity index is 990. The van der Waals surface area contributed by atoms with Gasteiger partial charge in [-0.05, 0) is 43.7 Å². The predicted molar refractivity (Wildman–Crippen MR) is 96.9 cm³/mol. The third-order valence-electron chi connectivity index (χ3n) is 3.82. The van der Waals surface area contributed by atoms with Gasteiger partial charge in [-0.1, -0.05) is 17.7 Å². The lowest BCUT2D eigenvalue weighted by molar-refractivity contribution is -0.384. The van der Waals surface area contributed by atoms with Gasteiger partial charge in [-0.2, -0.15) is 17.2 Å². The Labute approximate surface area is 165 Å². The SMILES string of the molecule is CCOC(=O)C(F)(F)C(OS(=O)(=O)c1ccc(C)cc1)c1ccc([N+](=O)[O-])cc1. The molecule has 0 aliphatic heterocycles. The van der Waals surface area contributed by atoms with Crippen molar-refractivity contribution >= 4 is 21.8 Å². The Morgan fingerprint density at radius 2 is 1.69 bits per heavy atom. The zero-order valence-corrected chi connectivity index (χ0v) is 16.2. The van der Waals surface area contributed by atoms with Gasteiger partial charge >= 0.3 is 11.9 Å². The maximum absolute atomic E-state index is 14.7. The van der Waals surface area contributed by atoms with Crippen LogP contribution in [-0.2, 0) is 23.8 Å². The third kappa shape index (κ3) is 5.12. The van der Waals surface area contributed by atoms with Gasteiger partial charge in [0.1, 0.15) is 0 Å². The quantitative estimate of drug-likeness (QED) is 0.273. The lowest BCUT2D eigenvalue weighted by Crippen LogP contribution is -2.39. The Balaban J connectivity index is 2.50. The number of aryl methyl sites for hydroxylation is 1. The largest absolute Gasteiger partial charge is 0.461 e. The van der Waals surface area contributed by atoms with Crippen LogP contribution in [0.15, 0.2) is 53.4 Å². The monoisotopic (exact) mass is 429 g/mol. The fourth-order valence-corrected chi connectivity index (χ4v) is 3.38. The summed E-state index contributed by atoms with van der Waals surface area (Å²) in [4.78, 5) is 21.4. The van der Waals surface area contributed by atoms with Crippen molar-refractivity contribution in [3.05, 3.63) is 69.8 Å². The van der Waals surface area contributed by atoms with Gasteiger partial charge in [-0.25, -0.2) is 4.79 Å². The number of ether oxygens (including phenoxy) is 1. The van der Waals surface area contributed by atoms with Crippen molar-refractivity contribution in [3.8, 4) is 0 Å². The third-order valence-corrected chi connectivity index (χ3v) is 5.11. The molecule has 0 saturated heterocycles. The van der Waals surface area contributed by atoms with Gasteiger partial charge in [-0.15, -0.1) is 0 Å². The summed E-state index contributed by atoms with van der Waals surface area (Å²) in [5.41, 5.74) is -0.134. The summed E-state index contributed by atoms with van der Waals surface area (Å²) in [6.07, 6.45) is -2.59. The van der Waals surface area contributed by atoms with Crippen molar-refractivity contribution in [2.75, 3.05) is 6.61 Å². The zero-order chi connectivity index (χ0) is 21.8. The minimum absolute atomic E-state index is 0.369. The van der Waals surface area contributed by atoms with E-state index in [0.29, 0.717) is 0 Å². The number of esters is 1. The van der Waals surface area contributed by atoms with Crippen LogP contribution in [0.25, 0.3) is 0 Å². The van der Waals surface area contributed by atoms with E-state index in [-0.39, 0.29) is 6.61 Å². The molecule has 0 amide bonds. The molecular formula is C18H17F2NO7S. The second-order valence-corrected chi connectivity index (χ2v) is 7.51. The van der Waals surface area contributed by atoms with E-state index in [2.05, 4.69) is 4.74 Å². The molecule has 0 spiro atoms. The van der Waals surface area contributed by atoms with Crippen LogP contribution < -0.4 is 0 Å². The van der Waals surface area contributed by atoms with Crippen molar-refractivity contribution in [1.82, 2.24) is 0 Å².